The van der Waals surface area contributed by atoms with Gasteiger partial charge in [-0.25, -0.2) is 4.68 Å². The Balaban J connectivity index is 1.87. The number of aromatic nitrogens is 4. The van der Waals surface area contributed by atoms with E-state index in [0.29, 0.717) is 11.7 Å². The fourth-order valence-corrected chi connectivity index (χ4v) is 2.39. The number of likely N-dealkylation sites (N-methyl/N-ethyl adjacent to an activating group) is 1. The number of hydrogen-bond acceptors (Lipinski definition) is 6. The Bertz CT molecular complexity index is 600. The minimum absolute atomic E-state index is 0.0718. The van der Waals surface area contributed by atoms with Crippen molar-refractivity contribution >= 4 is 23.4 Å². The van der Waals surface area contributed by atoms with E-state index in [2.05, 4.69) is 26.2 Å². The SMILES string of the molecule is CNCCn1nnnc1SCC(=O)Nc1ccccc1C. The second-order valence-electron chi connectivity index (χ2n) is 4.44. The third kappa shape index (κ3) is 4.54. The number of hydrogen-bond donors (Lipinski definition) is 2. The summed E-state index contributed by atoms with van der Waals surface area (Å²) in [6.45, 7) is 3.40. The second kappa shape index (κ2) is 7.75. The summed E-state index contributed by atoms with van der Waals surface area (Å²) in [5, 5.41) is 18.0. The van der Waals surface area contributed by atoms with Gasteiger partial charge in [0.15, 0.2) is 0 Å². The number of anilines is 1. The van der Waals surface area contributed by atoms with Gasteiger partial charge in [-0.3, -0.25) is 4.79 Å². The zero-order valence-electron chi connectivity index (χ0n) is 12.0. The van der Waals surface area contributed by atoms with Gasteiger partial charge in [0.05, 0.1) is 12.3 Å². The topological polar surface area (TPSA) is 84.7 Å². The average Bonchev–Trinajstić information content (AvgIpc) is 2.93. The van der Waals surface area contributed by atoms with E-state index in [4.69, 9.17) is 0 Å². The molecule has 7 nitrogen and oxygen atoms in total. The molecule has 1 aromatic carbocycles. The van der Waals surface area contributed by atoms with Crippen LogP contribution >= 0.6 is 11.8 Å². The fourth-order valence-electron chi connectivity index (χ4n) is 1.69. The van der Waals surface area contributed by atoms with E-state index in [9.17, 15) is 4.79 Å². The molecule has 1 aromatic heterocycles. The number of tetrazole rings is 1. The minimum Gasteiger partial charge on any atom is -0.325 e. The van der Waals surface area contributed by atoms with E-state index in [0.717, 1.165) is 17.8 Å². The largest absolute Gasteiger partial charge is 0.325 e. The number of nitrogens with zero attached hydrogens (tertiary/aromatic N) is 4. The highest BCUT2D eigenvalue weighted by Gasteiger charge is 2.10. The van der Waals surface area contributed by atoms with Crippen molar-refractivity contribution in [2.75, 3.05) is 24.7 Å². The molecule has 2 rings (SSSR count). The summed E-state index contributed by atoms with van der Waals surface area (Å²) in [5.41, 5.74) is 1.87. The predicted molar refractivity (Wildman–Crippen MR) is 82.3 cm³/mol. The van der Waals surface area contributed by atoms with Crippen molar-refractivity contribution in [1.82, 2.24) is 25.5 Å². The number of carbonyl (C=O) groups is 1. The number of aryl methyl sites for hydroxylation is 1. The number of nitrogens with one attached hydrogen (secondary N) is 2. The minimum atomic E-state index is -0.0718. The molecule has 21 heavy (non-hydrogen) atoms. The van der Waals surface area contributed by atoms with Crippen LogP contribution in [0.25, 0.3) is 0 Å². The first-order chi connectivity index (χ1) is 10.2. The van der Waals surface area contributed by atoms with Crippen LogP contribution in [0.5, 0.6) is 0 Å². The molecule has 0 spiro atoms. The Hall–Kier alpha value is -1.93. The lowest BCUT2D eigenvalue weighted by molar-refractivity contribution is -0.113. The number of carbonyl (C=O) groups excluding carboxylic acids is 1. The van der Waals surface area contributed by atoms with Crippen LogP contribution in [0.3, 0.4) is 0 Å². The Morgan fingerprint density at radius 3 is 2.95 bits per heavy atom. The first kappa shape index (κ1) is 15.5. The summed E-state index contributed by atoms with van der Waals surface area (Å²) >= 11 is 1.32. The van der Waals surface area contributed by atoms with Gasteiger partial charge in [-0.15, -0.1) is 5.10 Å². The van der Waals surface area contributed by atoms with Crippen LogP contribution < -0.4 is 10.6 Å². The van der Waals surface area contributed by atoms with Gasteiger partial charge in [0.2, 0.25) is 11.1 Å². The lowest BCUT2D eigenvalue weighted by Crippen LogP contribution is -2.18. The molecule has 0 radical (unpaired) electrons. The van der Waals surface area contributed by atoms with Crippen molar-refractivity contribution < 1.29 is 4.79 Å². The van der Waals surface area contributed by atoms with Crippen LogP contribution in [-0.4, -0.2) is 45.5 Å². The lowest BCUT2D eigenvalue weighted by Gasteiger charge is -2.07. The zero-order valence-corrected chi connectivity index (χ0v) is 12.9. The zero-order chi connectivity index (χ0) is 15.1. The molecule has 0 saturated heterocycles. The Morgan fingerprint density at radius 2 is 2.19 bits per heavy atom. The summed E-state index contributed by atoms with van der Waals surface area (Å²) in [4.78, 5) is 12.0. The molecule has 2 N–H and O–H groups in total. The third-order valence-corrected chi connectivity index (χ3v) is 3.78. The first-order valence-corrected chi connectivity index (χ1v) is 7.58. The van der Waals surface area contributed by atoms with Gasteiger partial charge in [-0.2, -0.15) is 0 Å². The molecule has 0 atom stereocenters. The van der Waals surface area contributed by atoms with Crippen molar-refractivity contribution in [2.45, 2.75) is 18.6 Å². The highest BCUT2D eigenvalue weighted by Crippen LogP contribution is 2.16. The molecule has 0 aliphatic carbocycles. The number of rotatable bonds is 7. The molecule has 0 saturated carbocycles. The molecule has 0 aliphatic heterocycles. The highest BCUT2D eigenvalue weighted by atomic mass is 32.2. The Labute approximate surface area is 127 Å². The molecule has 0 bridgehead atoms. The molecular formula is C13H18N6OS. The van der Waals surface area contributed by atoms with Crippen molar-refractivity contribution in [2.24, 2.45) is 0 Å². The Kier molecular flexibility index (Phi) is 5.70. The number of benzene rings is 1. The van der Waals surface area contributed by atoms with E-state index in [1.54, 1.807) is 4.68 Å². The lowest BCUT2D eigenvalue weighted by atomic mass is 10.2. The normalized spacial score (nSPS) is 10.6. The van der Waals surface area contributed by atoms with E-state index < -0.39 is 0 Å². The molecule has 0 fully saturated rings. The molecule has 2 aromatic rings. The smallest absolute Gasteiger partial charge is 0.234 e. The summed E-state index contributed by atoms with van der Waals surface area (Å²) in [7, 11) is 1.87. The van der Waals surface area contributed by atoms with E-state index in [1.807, 2.05) is 38.2 Å². The molecule has 8 heteroatoms. The van der Waals surface area contributed by atoms with Gasteiger partial charge in [-0.1, -0.05) is 30.0 Å². The monoisotopic (exact) mass is 306 g/mol. The van der Waals surface area contributed by atoms with Crippen LogP contribution in [0.1, 0.15) is 5.56 Å². The quantitative estimate of drug-likeness (QED) is 0.740. The van der Waals surface area contributed by atoms with Crippen LogP contribution in [0.4, 0.5) is 5.69 Å². The van der Waals surface area contributed by atoms with Crippen LogP contribution in [-0.2, 0) is 11.3 Å². The summed E-state index contributed by atoms with van der Waals surface area (Å²) in [6, 6.07) is 7.68. The molecule has 0 unspecified atom stereocenters. The van der Waals surface area contributed by atoms with Crippen molar-refractivity contribution in [3.8, 4) is 0 Å². The second-order valence-corrected chi connectivity index (χ2v) is 5.38. The molecule has 0 aliphatic rings. The standard InChI is InChI=1S/C13H18N6OS/c1-10-5-3-4-6-11(10)15-12(20)9-21-13-16-17-18-19(13)8-7-14-2/h3-6,14H,7-9H2,1-2H3,(H,15,20). The number of para-hydroxylation sites is 1. The first-order valence-electron chi connectivity index (χ1n) is 6.59. The van der Waals surface area contributed by atoms with Crippen LogP contribution in [0, 0.1) is 6.92 Å². The van der Waals surface area contributed by atoms with Gasteiger partial charge in [0.1, 0.15) is 0 Å². The highest BCUT2D eigenvalue weighted by molar-refractivity contribution is 7.99. The van der Waals surface area contributed by atoms with E-state index >= 15 is 0 Å². The van der Waals surface area contributed by atoms with Crippen molar-refractivity contribution in [1.29, 1.82) is 0 Å². The maximum atomic E-state index is 12.0. The fraction of sp³-hybridized carbons (Fsp3) is 0.385. The van der Waals surface area contributed by atoms with Gasteiger partial charge < -0.3 is 10.6 Å². The molecular weight excluding hydrogens is 288 g/mol. The Morgan fingerprint density at radius 1 is 1.38 bits per heavy atom. The summed E-state index contributed by atoms with van der Waals surface area (Å²) in [6.07, 6.45) is 0. The van der Waals surface area contributed by atoms with Crippen LogP contribution in [0.15, 0.2) is 29.4 Å². The van der Waals surface area contributed by atoms with Crippen LogP contribution in [0.2, 0.25) is 0 Å². The summed E-state index contributed by atoms with van der Waals surface area (Å²) in [5.74, 6) is 0.200. The number of thioether (sulfide) groups is 1. The summed E-state index contributed by atoms with van der Waals surface area (Å²) < 4.78 is 1.68. The van der Waals surface area contributed by atoms with Gasteiger partial charge >= 0.3 is 0 Å². The van der Waals surface area contributed by atoms with E-state index in [-0.39, 0.29) is 11.7 Å². The average molecular weight is 306 g/mol. The van der Waals surface area contributed by atoms with Gasteiger partial charge in [0.25, 0.3) is 0 Å². The van der Waals surface area contributed by atoms with E-state index in [1.165, 1.54) is 11.8 Å². The molecule has 112 valence electrons. The maximum Gasteiger partial charge on any atom is 0.234 e. The predicted octanol–water partition coefficient (Wildman–Crippen LogP) is 0.932. The van der Waals surface area contributed by atoms with Crippen molar-refractivity contribution in [3.05, 3.63) is 29.8 Å². The number of amides is 1. The van der Waals surface area contributed by atoms with Gasteiger partial charge in [-0.05, 0) is 36.0 Å². The molecule has 1 amide bonds. The maximum absolute atomic E-state index is 12.0. The van der Waals surface area contributed by atoms with Crippen molar-refractivity contribution in [3.63, 3.8) is 0 Å². The third-order valence-electron chi connectivity index (χ3n) is 2.82. The molecule has 1 heterocycles. The van der Waals surface area contributed by atoms with Gasteiger partial charge in [0, 0.05) is 12.2 Å².